The van der Waals surface area contributed by atoms with Crippen molar-refractivity contribution in [3.63, 3.8) is 0 Å². The van der Waals surface area contributed by atoms with E-state index in [-0.39, 0.29) is 6.54 Å². The zero-order chi connectivity index (χ0) is 19.0. The maximum atomic E-state index is 12.4. The zero-order valence-electron chi connectivity index (χ0n) is 15.5. The molecule has 0 aliphatic rings. The fraction of sp³-hybridized carbons (Fsp3) is 0.556. The second kappa shape index (κ2) is 9.15. The summed E-state index contributed by atoms with van der Waals surface area (Å²) in [5, 5.41) is 11.8. The van der Waals surface area contributed by atoms with Crippen LogP contribution in [0.1, 0.15) is 45.0 Å². The van der Waals surface area contributed by atoms with Crippen LogP contribution in [0.15, 0.2) is 12.1 Å². The van der Waals surface area contributed by atoms with E-state index in [9.17, 15) is 9.59 Å². The normalized spacial score (nSPS) is 10.9. The third-order valence-electron chi connectivity index (χ3n) is 3.44. The topological polar surface area (TPSA) is 94.1 Å². The van der Waals surface area contributed by atoms with Gasteiger partial charge in [-0.25, -0.2) is 0 Å². The van der Waals surface area contributed by atoms with E-state index < -0.39 is 17.3 Å². The lowest BCUT2D eigenvalue weighted by atomic mass is 9.94. The molecule has 0 aliphatic carbocycles. The fourth-order valence-corrected chi connectivity index (χ4v) is 2.00. The minimum Gasteiger partial charge on any atom is -0.490 e. The molecule has 0 aliphatic heterocycles. The molecule has 0 spiro atoms. The Morgan fingerprint density at radius 2 is 1.48 bits per heavy atom. The minimum absolute atomic E-state index is 0.00230. The molecule has 0 fully saturated rings. The van der Waals surface area contributed by atoms with Crippen molar-refractivity contribution < 1.29 is 28.9 Å². The molecule has 140 valence electrons. The highest BCUT2D eigenvalue weighted by atomic mass is 16.5. The highest BCUT2D eigenvalue weighted by Crippen LogP contribution is 2.39. The van der Waals surface area contributed by atoms with Gasteiger partial charge in [-0.2, -0.15) is 0 Å². The summed E-state index contributed by atoms with van der Waals surface area (Å²) in [6, 6.07) is 3.14. The maximum Gasteiger partial charge on any atom is 0.310 e. The number of carboxylic acid groups (broad SMARTS) is 1. The van der Waals surface area contributed by atoms with Gasteiger partial charge in [0, 0.05) is 12.1 Å². The molecule has 0 radical (unpaired) electrons. The van der Waals surface area contributed by atoms with Gasteiger partial charge in [0.25, 0.3) is 5.91 Å². The van der Waals surface area contributed by atoms with Gasteiger partial charge < -0.3 is 24.6 Å². The van der Waals surface area contributed by atoms with Gasteiger partial charge in [-0.3, -0.25) is 9.59 Å². The van der Waals surface area contributed by atoms with E-state index in [4.69, 9.17) is 19.3 Å². The number of carboxylic acids is 1. The molecule has 1 aromatic carbocycles. The first-order valence-corrected chi connectivity index (χ1v) is 8.34. The van der Waals surface area contributed by atoms with Gasteiger partial charge in [-0.15, -0.1) is 0 Å². The molecule has 0 bridgehead atoms. The largest absolute Gasteiger partial charge is 0.490 e. The van der Waals surface area contributed by atoms with Crippen molar-refractivity contribution in [2.75, 3.05) is 26.4 Å². The van der Waals surface area contributed by atoms with E-state index in [1.54, 1.807) is 26.0 Å². The van der Waals surface area contributed by atoms with Crippen LogP contribution in [0.3, 0.4) is 0 Å². The number of benzene rings is 1. The molecule has 0 aromatic heterocycles. The van der Waals surface area contributed by atoms with Crippen LogP contribution < -0.4 is 19.5 Å². The Bertz CT molecular complexity index is 585. The monoisotopic (exact) mass is 353 g/mol. The van der Waals surface area contributed by atoms with E-state index in [1.165, 1.54) is 0 Å². The molecule has 0 saturated heterocycles. The number of hydrogen-bond donors (Lipinski definition) is 2. The molecule has 0 atom stereocenters. The summed E-state index contributed by atoms with van der Waals surface area (Å²) in [5.74, 6) is -0.103. The number of ether oxygens (including phenoxy) is 3. The third kappa shape index (κ3) is 5.55. The van der Waals surface area contributed by atoms with Gasteiger partial charge in [-0.05, 0) is 46.8 Å². The first kappa shape index (κ1) is 20.6. The number of carbonyl (C=O) groups excluding carboxylic acids is 1. The second-order valence-electron chi connectivity index (χ2n) is 5.97. The molecular weight excluding hydrogens is 326 g/mol. The lowest BCUT2D eigenvalue weighted by molar-refractivity contribution is -0.146. The summed E-state index contributed by atoms with van der Waals surface area (Å²) in [4.78, 5) is 23.6. The Labute approximate surface area is 148 Å². The summed E-state index contributed by atoms with van der Waals surface area (Å²) in [6.45, 7) is 9.85. The van der Waals surface area contributed by atoms with Gasteiger partial charge in [0.15, 0.2) is 11.5 Å². The Balaban J connectivity index is 3.13. The predicted octanol–water partition coefficient (Wildman–Crippen LogP) is 2.72. The quantitative estimate of drug-likeness (QED) is 0.672. The molecule has 0 unspecified atom stereocenters. The van der Waals surface area contributed by atoms with E-state index in [0.29, 0.717) is 42.6 Å². The molecule has 1 aromatic rings. The standard InChI is InChI=1S/C18H27NO6/c1-6-23-13-9-12(10-14(24-7-2)15(13)25-8-3)16(20)19-11-18(4,5)17(21)22/h9-10H,6-8,11H2,1-5H3,(H,19,20)(H,21,22). The molecule has 2 N–H and O–H groups in total. The minimum atomic E-state index is -1.06. The summed E-state index contributed by atoms with van der Waals surface area (Å²) >= 11 is 0. The Hall–Kier alpha value is -2.44. The average Bonchev–Trinajstić information content (AvgIpc) is 2.55. The van der Waals surface area contributed by atoms with Crippen molar-refractivity contribution >= 4 is 11.9 Å². The van der Waals surface area contributed by atoms with E-state index in [2.05, 4.69) is 5.32 Å². The predicted molar refractivity (Wildman–Crippen MR) is 93.7 cm³/mol. The van der Waals surface area contributed by atoms with Crippen LogP contribution in [0.5, 0.6) is 17.2 Å². The highest BCUT2D eigenvalue weighted by Gasteiger charge is 2.28. The lowest BCUT2D eigenvalue weighted by Crippen LogP contribution is -2.38. The molecule has 25 heavy (non-hydrogen) atoms. The Morgan fingerprint density at radius 1 is 1.00 bits per heavy atom. The van der Waals surface area contributed by atoms with Crippen molar-refractivity contribution in [2.24, 2.45) is 5.41 Å². The van der Waals surface area contributed by atoms with Crippen LogP contribution >= 0.6 is 0 Å². The number of carbonyl (C=O) groups is 2. The van der Waals surface area contributed by atoms with Gasteiger partial charge in [0.2, 0.25) is 5.75 Å². The van der Waals surface area contributed by atoms with Crippen molar-refractivity contribution in [1.29, 1.82) is 0 Å². The van der Waals surface area contributed by atoms with Crippen LogP contribution in [0, 0.1) is 5.41 Å². The van der Waals surface area contributed by atoms with Crippen LogP contribution in [0.25, 0.3) is 0 Å². The van der Waals surface area contributed by atoms with Gasteiger partial charge >= 0.3 is 5.97 Å². The first-order valence-electron chi connectivity index (χ1n) is 8.34. The van der Waals surface area contributed by atoms with E-state index >= 15 is 0 Å². The molecule has 0 saturated carbocycles. The molecule has 1 amide bonds. The first-order chi connectivity index (χ1) is 11.8. The van der Waals surface area contributed by atoms with Crippen molar-refractivity contribution in [2.45, 2.75) is 34.6 Å². The zero-order valence-corrected chi connectivity index (χ0v) is 15.5. The van der Waals surface area contributed by atoms with Crippen LogP contribution in [-0.2, 0) is 4.79 Å². The van der Waals surface area contributed by atoms with Crippen molar-refractivity contribution in [3.05, 3.63) is 17.7 Å². The number of amides is 1. The van der Waals surface area contributed by atoms with Gasteiger partial charge in [0.05, 0.1) is 25.2 Å². The highest BCUT2D eigenvalue weighted by molar-refractivity contribution is 5.96. The number of rotatable bonds is 10. The lowest BCUT2D eigenvalue weighted by Gasteiger charge is -2.20. The Morgan fingerprint density at radius 3 is 1.88 bits per heavy atom. The van der Waals surface area contributed by atoms with Gasteiger partial charge in [0.1, 0.15) is 0 Å². The maximum absolute atomic E-state index is 12.4. The number of aliphatic carboxylic acids is 1. The third-order valence-corrected chi connectivity index (χ3v) is 3.44. The smallest absolute Gasteiger partial charge is 0.310 e. The molecule has 7 nitrogen and oxygen atoms in total. The summed E-state index contributed by atoms with van der Waals surface area (Å²) in [7, 11) is 0. The van der Waals surface area contributed by atoms with Crippen LogP contribution in [0.4, 0.5) is 0 Å². The summed E-state index contributed by atoms with van der Waals surface area (Å²) < 4.78 is 16.7. The van der Waals surface area contributed by atoms with Crippen LogP contribution in [0.2, 0.25) is 0 Å². The van der Waals surface area contributed by atoms with Crippen molar-refractivity contribution in [3.8, 4) is 17.2 Å². The second-order valence-corrected chi connectivity index (χ2v) is 5.97. The molecule has 1 rings (SSSR count). The molecule has 7 heteroatoms. The number of hydrogen-bond acceptors (Lipinski definition) is 5. The Kier molecular flexibility index (Phi) is 7.54. The van der Waals surface area contributed by atoms with E-state index in [0.717, 1.165) is 0 Å². The SMILES string of the molecule is CCOc1cc(C(=O)NCC(C)(C)C(=O)O)cc(OCC)c1OCC. The summed E-state index contributed by atoms with van der Waals surface area (Å²) in [5.41, 5.74) is -0.747. The van der Waals surface area contributed by atoms with Crippen molar-refractivity contribution in [1.82, 2.24) is 5.32 Å². The van der Waals surface area contributed by atoms with Gasteiger partial charge in [-0.1, -0.05) is 0 Å². The number of nitrogens with one attached hydrogen (secondary N) is 1. The molecular formula is C18H27NO6. The summed E-state index contributed by atoms with van der Waals surface area (Å²) in [6.07, 6.45) is 0. The fourth-order valence-electron chi connectivity index (χ4n) is 2.00. The van der Waals surface area contributed by atoms with Crippen LogP contribution in [-0.4, -0.2) is 43.3 Å². The van der Waals surface area contributed by atoms with E-state index in [1.807, 2.05) is 20.8 Å². The average molecular weight is 353 g/mol. The molecule has 0 heterocycles.